The Bertz CT molecular complexity index is 873. The lowest BCUT2D eigenvalue weighted by atomic mass is 9.70. The monoisotopic (exact) mass is 536 g/mol. The van der Waals surface area contributed by atoms with Crippen LogP contribution in [0.15, 0.2) is 0 Å². The van der Waals surface area contributed by atoms with Crippen LogP contribution in [-0.2, 0) is 28.7 Å². The van der Waals surface area contributed by atoms with Gasteiger partial charge in [0.1, 0.15) is 11.2 Å². The van der Waals surface area contributed by atoms with E-state index < -0.39 is 22.4 Å². The Morgan fingerprint density at radius 1 is 0.579 bits per heavy atom. The van der Waals surface area contributed by atoms with Crippen LogP contribution in [0.2, 0.25) is 0 Å². The number of hydrogen-bond acceptors (Lipinski definition) is 8. The van der Waals surface area contributed by atoms with E-state index in [0.717, 1.165) is 0 Å². The molecule has 0 aromatic carbocycles. The standard InChI is InChI=1S/C30H52N2O6/c1-23(2)17-29(18-24(3,4)31(23)35-11)21(33)15-27(9,37-29)13-14-28(10)16-22(34)30(38-28)19-25(5,6)32(36-12)26(7,8)20-30/h13-20H2,1-12H3. The van der Waals surface area contributed by atoms with Gasteiger partial charge in [0, 0.05) is 60.7 Å². The molecule has 4 rings (SSSR count). The second-order valence-electron chi connectivity index (χ2n) is 15.7. The van der Waals surface area contributed by atoms with Crippen LogP contribution >= 0.6 is 0 Å². The Labute approximate surface area is 230 Å². The average molecular weight is 537 g/mol. The lowest BCUT2D eigenvalue weighted by molar-refractivity contribution is -0.298. The maximum atomic E-state index is 13.6. The van der Waals surface area contributed by atoms with Crippen molar-refractivity contribution in [1.82, 2.24) is 10.1 Å². The molecule has 2 atom stereocenters. The molecule has 4 fully saturated rings. The molecule has 4 heterocycles. The molecule has 4 saturated heterocycles. The minimum atomic E-state index is -0.827. The Balaban J connectivity index is 1.50. The van der Waals surface area contributed by atoms with Crippen molar-refractivity contribution in [3.63, 3.8) is 0 Å². The van der Waals surface area contributed by atoms with Crippen LogP contribution in [0, 0.1) is 0 Å². The molecule has 0 radical (unpaired) electrons. The van der Waals surface area contributed by atoms with Gasteiger partial charge in [0.05, 0.1) is 25.4 Å². The van der Waals surface area contributed by atoms with Gasteiger partial charge in [-0.1, -0.05) is 0 Å². The van der Waals surface area contributed by atoms with Gasteiger partial charge >= 0.3 is 0 Å². The highest BCUT2D eigenvalue weighted by molar-refractivity contribution is 5.91. The first-order valence-corrected chi connectivity index (χ1v) is 14.3. The van der Waals surface area contributed by atoms with Crippen molar-refractivity contribution in [3.05, 3.63) is 0 Å². The summed E-state index contributed by atoms with van der Waals surface area (Å²) in [6.45, 7) is 21.0. The molecule has 4 aliphatic rings. The van der Waals surface area contributed by atoms with E-state index in [4.69, 9.17) is 19.1 Å². The molecular weight excluding hydrogens is 484 g/mol. The van der Waals surface area contributed by atoms with Gasteiger partial charge in [0.15, 0.2) is 11.6 Å². The topological polar surface area (TPSA) is 77.5 Å². The summed E-state index contributed by atoms with van der Waals surface area (Å²) in [4.78, 5) is 38.8. The number of ketones is 2. The number of carbonyl (C=O) groups excluding carboxylic acids is 2. The molecule has 0 saturated carbocycles. The minimum Gasteiger partial charge on any atom is -0.360 e. The van der Waals surface area contributed by atoms with Gasteiger partial charge in [0.25, 0.3) is 0 Å². The molecule has 0 aromatic rings. The fraction of sp³-hybridized carbons (Fsp3) is 0.933. The molecule has 0 aromatic heterocycles. The minimum absolute atomic E-state index is 0.178. The fourth-order valence-corrected chi connectivity index (χ4v) is 9.31. The molecule has 218 valence electrons. The van der Waals surface area contributed by atoms with Crippen molar-refractivity contribution >= 4 is 11.6 Å². The van der Waals surface area contributed by atoms with Gasteiger partial charge in [-0.25, -0.2) is 0 Å². The fourth-order valence-electron chi connectivity index (χ4n) is 9.31. The maximum absolute atomic E-state index is 13.6. The van der Waals surface area contributed by atoms with Crippen LogP contribution in [0.3, 0.4) is 0 Å². The van der Waals surface area contributed by atoms with Crippen molar-refractivity contribution < 1.29 is 28.7 Å². The number of carbonyl (C=O) groups is 2. The largest absolute Gasteiger partial charge is 0.360 e. The van der Waals surface area contributed by atoms with Gasteiger partial charge in [-0.3, -0.25) is 9.59 Å². The first-order valence-electron chi connectivity index (χ1n) is 14.3. The second kappa shape index (κ2) is 8.80. The summed E-state index contributed by atoms with van der Waals surface area (Å²) in [5.74, 6) is 0.356. The molecule has 0 bridgehead atoms. The normalized spacial score (nSPS) is 37.4. The zero-order chi connectivity index (χ0) is 28.8. The van der Waals surface area contributed by atoms with Gasteiger partial charge < -0.3 is 19.1 Å². The predicted molar refractivity (Wildman–Crippen MR) is 145 cm³/mol. The molecule has 0 amide bonds. The number of piperidine rings is 2. The number of hydrogen-bond donors (Lipinski definition) is 0. The van der Waals surface area contributed by atoms with Gasteiger partial charge in [0.2, 0.25) is 0 Å². The van der Waals surface area contributed by atoms with Crippen LogP contribution in [0.1, 0.15) is 121 Å². The van der Waals surface area contributed by atoms with E-state index in [1.807, 2.05) is 10.1 Å². The number of ether oxygens (including phenoxy) is 2. The van der Waals surface area contributed by atoms with E-state index >= 15 is 0 Å². The van der Waals surface area contributed by atoms with E-state index in [1.54, 1.807) is 14.2 Å². The quantitative estimate of drug-likeness (QED) is 0.476. The third kappa shape index (κ3) is 4.81. The average Bonchev–Trinajstić information content (AvgIpc) is 3.06. The van der Waals surface area contributed by atoms with Crippen molar-refractivity contribution in [3.8, 4) is 0 Å². The number of nitrogens with zero attached hydrogens (tertiary/aromatic N) is 2. The zero-order valence-electron chi connectivity index (χ0n) is 26.0. The summed E-state index contributed by atoms with van der Waals surface area (Å²) in [6, 6.07) is 0. The summed E-state index contributed by atoms with van der Waals surface area (Å²) in [6.07, 6.45) is 4.41. The van der Waals surface area contributed by atoms with Crippen LogP contribution in [0.25, 0.3) is 0 Å². The van der Waals surface area contributed by atoms with Crippen molar-refractivity contribution in [1.29, 1.82) is 0 Å². The smallest absolute Gasteiger partial charge is 0.167 e. The maximum Gasteiger partial charge on any atom is 0.167 e. The summed E-state index contributed by atoms with van der Waals surface area (Å²) < 4.78 is 13.6. The molecule has 4 aliphatic heterocycles. The summed E-state index contributed by atoms with van der Waals surface area (Å²) in [5.41, 5.74) is -4.26. The molecule has 0 N–H and O–H groups in total. The summed E-state index contributed by atoms with van der Waals surface area (Å²) in [5, 5.41) is 4.02. The van der Waals surface area contributed by atoms with E-state index in [-0.39, 0.29) is 33.7 Å². The van der Waals surface area contributed by atoms with E-state index in [1.165, 1.54) is 0 Å². The molecule has 2 spiro atoms. The Morgan fingerprint density at radius 3 is 1.08 bits per heavy atom. The summed E-state index contributed by atoms with van der Waals surface area (Å²) >= 11 is 0. The molecule has 8 heteroatoms. The highest BCUT2D eigenvalue weighted by Crippen LogP contribution is 2.55. The van der Waals surface area contributed by atoms with Crippen LogP contribution < -0.4 is 0 Å². The molecule has 8 nitrogen and oxygen atoms in total. The van der Waals surface area contributed by atoms with Gasteiger partial charge in [-0.05, 0) is 82.1 Å². The predicted octanol–water partition coefficient (Wildman–Crippen LogP) is 5.17. The second-order valence-corrected chi connectivity index (χ2v) is 15.7. The number of Topliss-reactive ketones (excluding diaryl/α,β-unsaturated/α-hetero) is 2. The van der Waals surface area contributed by atoms with Crippen molar-refractivity contribution in [2.24, 2.45) is 0 Å². The molecule has 0 aliphatic carbocycles. The van der Waals surface area contributed by atoms with Crippen LogP contribution in [-0.4, -0.2) is 80.5 Å². The van der Waals surface area contributed by atoms with Crippen molar-refractivity contribution in [2.75, 3.05) is 14.2 Å². The first-order chi connectivity index (χ1) is 17.1. The Morgan fingerprint density at radius 2 is 0.842 bits per heavy atom. The SMILES string of the molecule is CON1C(C)(C)CC2(CC1(C)C)OC(C)(CCC1(C)CC(=O)C3(CC(C)(C)N(OC)C(C)(C)C3)O1)CC2=O. The van der Waals surface area contributed by atoms with E-state index in [9.17, 15) is 9.59 Å². The van der Waals surface area contributed by atoms with Gasteiger partial charge in [-0.15, -0.1) is 0 Å². The zero-order valence-corrected chi connectivity index (χ0v) is 26.0. The lowest BCUT2D eigenvalue weighted by Crippen LogP contribution is -2.66. The van der Waals surface area contributed by atoms with Crippen LogP contribution in [0.5, 0.6) is 0 Å². The van der Waals surface area contributed by atoms with E-state index in [0.29, 0.717) is 51.4 Å². The molecular formula is C30H52N2O6. The Kier molecular flexibility index (Phi) is 6.96. The Hall–Kier alpha value is -0.900. The summed E-state index contributed by atoms with van der Waals surface area (Å²) in [7, 11) is 3.39. The lowest BCUT2D eigenvalue weighted by Gasteiger charge is -2.56. The number of hydroxylamine groups is 4. The molecule has 38 heavy (non-hydrogen) atoms. The third-order valence-corrected chi connectivity index (χ3v) is 9.59. The number of rotatable bonds is 5. The van der Waals surface area contributed by atoms with Crippen molar-refractivity contribution in [2.45, 2.75) is 165 Å². The van der Waals surface area contributed by atoms with Gasteiger partial charge in [-0.2, -0.15) is 10.1 Å². The highest BCUT2D eigenvalue weighted by atomic mass is 16.7. The highest BCUT2D eigenvalue weighted by Gasteiger charge is 2.65. The third-order valence-electron chi connectivity index (χ3n) is 9.59. The van der Waals surface area contributed by atoms with E-state index in [2.05, 4.69) is 69.2 Å². The van der Waals surface area contributed by atoms with Crippen LogP contribution in [0.4, 0.5) is 0 Å². The first kappa shape index (κ1) is 30.1. The molecule has 2 unspecified atom stereocenters.